The normalized spacial score (nSPS) is 18.4. The molecule has 2 unspecified atom stereocenters. The van der Waals surface area contributed by atoms with Gasteiger partial charge in [-0.05, 0) is 38.1 Å². The largest absolute Gasteiger partial charge is 0.372 e. The van der Waals surface area contributed by atoms with E-state index in [1.165, 1.54) is 0 Å². The molecule has 1 saturated heterocycles. The number of hydrogen-bond donors (Lipinski definition) is 1. The van der Waals surface area contributed by atoms with Crippen LogP contribution in [0.15, 0.2) is 61.2 Å². The van der Waals surface area contributed by atoms with Crippen molar-refractivity contribution in [3.8, 4) is 11.4 Å². The van der Waals surface area contributed by atoms with Gasteiger partial charge < -0.3 is 15.0 Å². The van der Waals surface area contributed by atoms with Crippen LogP contribution in [0.4, 0.5) is 11.5 Å². The smallest absolute Gasteiger partial charge is 0.244 e. The minimum Gasteiger partial charge on any atom is -0.372 e. The van der Waals surface area contributed by atoms with E-state index in [-0.39, 0.29) is 24.7 Å². The molecule has 1 fully saturated rings. The highest BCUT2D eigenvalue weighted by Gasteiger charge is 2.26. The molecule has 3 aromatic heterocycles. The van der Waals surface area contributed by atoms with Crippen molar-refractivity contribution >= 4 is 28.3 Å². The molecule has 1 aromatic carbocycles. The van der Waals surface area contributed by atoms with Gasteiger partial charge in [0, 0.05) is 42.6 Å². The summed E-state index contributed by atoms with van der Waals surface area (Å²) in [7, 11) is 0. The summed E-state index contributed by atoms with van der Waals surface area (Å²) >= 11 is 0. The van der Waals surface area contributed by atoms with Crippen molar-refractivity contribution in [1.82, 2.24) is 29.6 Å². The van der Waals surface area contributed by atoms with E-state index in [1.807, 2.05) is 61.3 Å². The fourth-order valence-corrected chi connectivity index (χ4v) is 4.07. The summed E-state index contributed by atoms with van der Waals surface area (Å²) in [4.78, 5) is 28.2. The van der Waals surface area contributed by atoms with E-state index in [0.29, 0.717) is 24.7 Å². The predicted octanol–water partition coefficient (Wildman–Crippen LogP) is 3.27. The predicted molar refractivity (Wildman–Crippen MR) is 125 cm³/mol. The maximum Gasteiger partial charge on any atom is 0.244 e. The van der Waals surface area contributed by atoms with Crippen LogP contribution >= 0.6 is 0 Å². The second kappa shape index (κ2) is 8.95. The SMILES string of the molecule is CC1CN(C(=O)Cn2cc(Nc3nc(-c4cccnc4)nc4ccccc34)cn2)CC(C)O1. The summed E-state index contributed by atoms with van der Waals surface area (Å²) in [6.07, 6.45) is 7.03. The van der Waals surface area contributed by atoms with Gasteiger partial charge in [0.05, 0.1) is 29.6 Å². The third-order valence-corrected chi connectivity index (χ3v) is 5.49. The van der Waals surface area contributed by atoms with Gasteiger partial charge >= 0.3 is 0 Å². The number of benzene rings is 1. The Bertz CT molecular complexity index is 1260. The molecular formula is C24H25N7O2. The highest BCUT2D eigenvalue weighted by molar-refractivity contribution is 5.92. The van der Waals surface area contributed by atoms with Gasteiger partial charge in [0.2, 0.25) is 5.91 Å². The third-order valence-electron chi connectivity index (χ3n) is 5.49. The molecule has 9 nitrogen and oxygen atoms in total. The molecule has 0 aliphatic carbocycles. The number of nitrogens with one attached hydrogen (secondary N) is 1. The maximum absolute atomic E-state index is 12.8. The molecule has 0 spiro atoms. The minimum atomic E-state index is 0.0259. The molecule has 0 bridgehead atoms. The number of ether oxygens (including phenoxy) is 1. The summed E-state index contributed by atoms with van der Waals surface area (Å²) in [6.45, 7) is 5.33. The lowest BCUT2D eigenvalue weighted by molar-refractivity contribution is -0.144. The number of pyridine rings is 1. The van der Waals surface area contributed by atoms with E-state index in [9.17, 15) is 4.79 Å². The quantitative estimate of drug-likeness (QED) is 0.505. The Labute approximate surface area is 191 Å². The first kappa shape index (κ1) is 21.0. The maximum atomic E-state index is 12.8. The average molecular weight is 444 g/mol. The number of hydrogen-bond acceptors (Lipinski definition) is 7. The Morgan fingerprint density at radius 2 is 1.91 bits per heavy atom. The number of anilines is 2. The summed E-state index contributed by atoms with van der Waals surface area (Å²) < 4.78 is 7.36. The highest BCUT2D eigenvalue weighted by Crippen LogP contribution is 2.27. The molecule has 1 aliphatic heterocycles. The zero-order valence-electron chi connectivity index (χ0n) is 18.5. The summed E-state index contributed by atoms with van der Waals surface area (Å²) in [5, 5.41) is 8.61. The van der Waals surface area contributed by atoms with Crippen LogP contribution < -0.4 is 5.32 Å². The number of carbonyl (C=O) groups excluding carboxylic acids is 1. The third kappa shape index (κ3) is 4.68. The van der Waals surface area contributed by atoms with Crippen LogP contribution in [0.2, 0.25) is 0 Å². The Hall–Kier alpha value is -3.85. The lowest BCUT2D eigenvalue weighted by Crippen LogP contribution is -2.49. The first-order chi connectivity index (χ1) is 16.0. The highest BCUT2D eigenvalue weighted by atomic mass is 16.5. The van der Waals surface area contributed by atoms with E-state index in [0.717, 1.165) is 22.2 Å². The molecule has 0 saturated carbocycles. The van der Waals surface area contributed by atoms with E-state index in [1.54, 1.807) is 23.3 Å². The summed E-state index contributed by atoms with van der Waals surface area (Å²) in [5.74, 6) is 1.28. The summed E-state index contributed by atoms with van der Waals surface area (Å²) in [5.41, 5.74) is 2.40. The molecule has 1 aliphatic rings. The number of fused-ring (bicyclic) bond motifs is 1. The number of amides is 1. The number of nitrogens with zero attached hydrogens (tertiary/aromatic N) is 6. The molecule has 2 atom stereocenters. The lowest BCUT2D eigenvalue weighted by Gasteiger charge is -2.35. The van der Waals surface area contributed by atoms with Crippen LogP contribution in [-0.4, -0.2) is 60.8 Å². The van der Waals surface area contributed by atoms with Crippen LogP contribution in [-0.2, 0) is 16.1 Å². The molecule has 0 radical (unpaired) electrons. The zero-order valence-corrected chi connectivity index (χ0v) is 18.5. The molecule has 4 heterocycles. The van der Waals surface area contributed by atoms with Gasteiger partial charge in [-0.15, -0.1) is 0 Å². The van der Waals surface area contributed by atoms with Crippen molar-refractivity contribution in [2.45, 2.75) is 32.6 Å². The van der Waals surface area contributed by atoms with Crippen molar-refractivity contribution in [1.29, 1.82) is 0 Å². The van der Waals surface area contributed by atoms with Crippen LogP contribution in [0, 0.1) is 0 Å². The standard InChI is InChI=1S/C24H25N7O2/c1-16-12-30(13-17(2)33-16)22(32)15-31-14-19(11-26-31)27-24-20-7-3-4-8-21(20)28-23(29-24)18-6-5-9-25-10-18/h3-11,14,16-17H,12-13,15H2,1-2H3,(H,27,28,29). The van der Waals surface area contributed by atoms with Gasteiger partial charge in [0.1, 0.15) is 12.4 Å². The van der Waals surface area contributed by atoms with Crippen molar-refractivity contribution in [2.24, 2.45) is 0 Å². The van der Waals surface area contributed by atoms with Gasteiger partial charge in [0.15, 0.2) is 5.82 Å². The molecule has 9 heteroatoms. The zero-order chi connectivity index (χ0) is 22.8. The van der Waals surface area contributed by atoms with Crippen LogP contribution in [0.1, 0.15) is 13.8 Å². The number of para-hydroxylation sites is 1. The van der Waals surface area contributed by atoms with Gasteiger partial charge in [-0.1, -0.05) is 12.1 Å². The molecule has 4 aromatic rings. The minimum absolute atomic E-state index is 0.0259. The molecule has 33 heavy (non-hydrogen) atoms. The molecular weight excluding hydrogens is 418 g/mol. The average Bonchev–Trinajstić information content (AvgIpc) is 3.25. The number of morpholine rings is 1. The molecule has 1 N–H and O–H groups in total. The van der Waals surface area contributed by atoms with Crippen LogP contribution in [0.5, 0.6) is 0 Å². The van der Waals surface area contributed by atoms with E-state index in [2.05, 4.69) is 20.4 Å². The number of carbonyl (C=O) groups is 1. The van der Waals surface area contributed by atoms with Crippen LogP contribution in [0.25, 0.3) is 22.3 Å². The van der Waals surface area contributed by atoms with Gasteiger partial charge in [-0.3, -0.25) is 14.5 Å². The van der Waals surface area contributed by atoms with E-state index >= 15 is 0 Å². The molecule has 168 valence electrons. The monoisotopic (exact) mass is 443 g/mol. The number of aromatic nitrogens is 5. The van der Waals surface area contributed by atoms with Crippen molar-refractivity contribution < 1.29 is 9.53 Å². The van der Waals surface area contributed by atoms with Gasteiger partial charge in [0.25, 0.3) is 0 Å². The van der Waals surface area contributed by atoms with Crippen molar-refractivity contribution in [3.05, 3.63) is 61.2 Å². The molecule has 5 rings (SSSR count). The first-order valence-corrected chi connectivity index (χ1v) is 10.9. The van der Waals surface area contributed by atoms with Gasteiger partial charge in [-0.2, -0.15) is 5.10 Å². The fraction of sp³-hybridized carbons (Fsp3) is 0.292. The fourth-order valence-electron chi connectivity index (χ4n) is 4.07. The van der Waals surface area contributed by atoms with Crippen LogP contribution in [0.3, 0.4) is 0 Å². The van der Waals surface area contributed by atoms with Crippen molar-refractivity contribution in [2.75, 3.05) is 18.4 Å². The Balaban J connectivity index is 1.37. The first-order valence-electron chi connectivity index (χ1n) is 10.9. The Kier molecular flexibility index (Phi) is 5.70. The topological polar surface area (TPSA) is 98.1 Å². The number of rotatable bonds is 5. The second-order valence-electron chi connectivity index (χ2n) is 8.26. The van der Waals surface area contributed by atoms with E-state index in [4.69, 9.17) is 9.72 Å². The van der Waals surface area contributed by atoms with Gasteiger partial charge in [-0.25, -0.2) is 9.97 Å². The summed E-state index contributed by atoms with van der Waals surface area (Å²) in [6, 6.07) is 11.6. The lowest BCUT2D eigenvalue weighted by atomic mass is 10.2. The van der Waals surface area contributed by atoms with Crippen molar-refractivity contribution in [3.63, 3.8) is 0 Å². The Morgan fingerprint density at radius 3 is 2.70 bits per heavy atom. The molecule has 1 amide bonds. The van der Waals surface area contributed by atoms with E-state index < -0.39 is 0 Å². The Morgan fingerprint density at radius 1 is 1.09 bits per heavy atom. The second-order valence-corrected chi connectivity index (χ2v) is 8.26.